The minimum atomic E-state index is -1.04. The molecule has 2 saturated heterocycles. The summed E-state index contributed by atoms with van der Waals surface area (Å²) >= 11 is 6.49. The molecule has 1 aromatic heterocycles. The van der Waals surface area contributed by atoms with Crippen LogP contribution in [0.25, 0.3) is 10.8 Å². The molecule has 6 rings (SSSR count). The minimum Gasteiger partial charge on any atom is -0.461 e. The van der Waals surface area contributed by atoms with Crippen LogP contribution in [0.5, 0.6) is 6.01 Å². The first-order chi connectivity index (χ1) is 21.6. The van der Waals surface area contributed by atoms with Gasteiger partial charge in [-0.05, 0) is 57.3 Å². The number of fused-ring (bicyclic) bond motifs is 2. The van der Waals surface area contributed by atoms with Crippen LogP contribution >= 0.6 is 11.6 Å². The molecule has 3 aliphatic rings. The van der Waals surface area contributed by atoms with Gasteiger partial charge < -0.3 is 19.4 Å². The number of hydrogen-bond acceptors (Lipinski definition) is 8. The number of benzene rings is 2. The van der Waals surface area contributed by atoms with Gasteiger partial charge in [-0.25, -0.2) is 8.78 Å². The van der Waals surface area contributed by atoms with Crippen LogP contribution in [0.3, 0.4) is 0 Å². The number of nitrogens with zero attached hydrogens (tertiary/aromatic N) is 7. The first-order valence-corrected chi connectivity index (χ1v) is 15.6. The van der Waals surface area contributed by atoms with E-state index in [1.54, 1.807) is 6.07 Å². The largest absolute Gasteiger partial charge is 0.461 e. The molecule has 45 heavy (non-hydrogen) atoms. The number of likely N-dealkylation sites (N-methyl/N-ethyl adjacent to an activating group) is 1. The van der Waals surface area contributed by atoms with E-state index in [0.29, 0.717) is 50.4 Å². The van der Waals surface area contributed by atoms with Crippen LogP contribution in [0.4, 0.5) is 20.3 Å². The molecule has 0 N–H and O–H groups in total. The molecule has 0 saturated carbocycles. The quantitative estimate of drug-likeness (QED) is 0.325. The predicted octanol–water partition coefficient (Wildman–Crippen LogP) is 5.26. The van der Waals surface area contributed by atoms with Gasteiger partial charge in [-0.3, -0.25) is 9.69 Å². The van der Waals surface area contributed by atoms with Crippen LogP contribution in [-0.2, 0) is 17.8 Å². The molecule has 9 nitrogen and oxygen atoms in total. The van der Waals surface area contributed by atoms with Crippen molar-refractivity contribution < 1.29 is 18.3 Å². The maximum Gasteiger partial charge on any atom is 0.318 e. The highest BCUT2D eigenvalue weighted by Gasteiger charge is 2.37. The molecule has 3 aromatic rings. The predicted molar refractivity (Wildman–Crippen MR) is 170 cm³/mol. The van der Waals surface area contributed by atoms with E-state index in [1.807, 2.05) is 23.1 Å². The number of nitriles is 1. The zero-order valence-corrected chi connectivity index (χ0v) is 26.3. The average molecular weight is 636 g/mol. The number of hydrogen-bond donors (Lipinski definition) is 0. The lowest BCUT2D eigenvalue weighted by molar-refractivity contribution is -0.131. The number of aromatic nitrogens is 2. The second kappa shape index (κ2) is 12.4. The van der Waals surface area contributed by atoms with E-state index in [1.165, 1.54) is 11.0 Å². The number of rotatable bonds is 7. The summed E-state index contributed by atoms with van der Waals surface area (Å²) in [7, 11) is 2.09. The van der Waals surface area contributed by atoms with E-state index in [-0.39, 0.29) is 29.5 Å². The first kappa shape index (κ1) is 31.0. The SMILES string of the molecule is C=C(F)C(=O)N1CCN(c2nc(OCC3(C)CCCN3C)nc3c2CCN(c2cccc4ccc(F)c(Cl)c24)C3)C[C@@H]1CC#N. The number of piperazine rings is 1. The molecule has 3 aliphatic heterocycles. The van der Waals surface area contributed by atoms with E-state index in [0.717, 1.165) is 41.7 Å². The molecule has 236 valence electrons. The third-order valence-electron chi connectivity index (χ3n) is 9.52. The van der Waals surface area contributed by atoms with Gasteiger partial charge in [0.05, 0.1) is 41.3 Å². The molecular weight excluding hydrogens is 600 g/mol. The number of carbonyl (C=O) groups is 1. The van der Waals surface area contributed by atoms with Crippen molar-refractivity contribution in [2.75, 3.05) is 56.2 Å². The highest BCUT2D eigenvalue weighted by atomic mass is 35.5. The maximum absolute atomic E-state index is 14.6. The van der Waals surface area contributed by atoms with Gasteiger partial charge in [-0.1, -0.05) is 36.4 Å². The minimum absolute atomic E-state index is 0.0447. The van der Waals surface area contributed by atoms with Crippen LogP contribution in [-0.4, -0.2) is 83.6 Å². The lowest BCUT2D eigenvalue weighted by Crippen LogP contribution is -2.55. The first-order valence-electron chi connectivity index (χ1n) is 15.2. The van der Waals surface area contributed by atoms with Crippen LogP contribution in [0, 0.1) is 17.1 Å². The van der Waals surface area contributed by atoms with Crippen molar-refractivity contribution in [3.05, 3.63) is 64.8 Å². The van der Waals surface area contributed by atoms with Gasteiger partial charge in [-0.15, -0.1) is 0 Å². The molecule has 2 fully saturated rings. The van der Waals surface area contributed by atoms with Crippen LogP contribution in [0.2, 0.25) is 5.02 Å². The maximum atomic E-state index is 14.6. The summed E-state index contributed by atoms with van der Waals surface area (Å²) in [5, 5.41) is 11.1. The molecule has 2 atom stereocenters. The molecule has 4 heterocycles. The summed E-state index contributed by atoms with van der Waals surface area (Å²) in [6, 6.07) is 10.7. The normalized spacial score (nSPS) is 22.0. The number of anilines is 2. The van der Waals surface area contributed by atoms with Crippen molar-refractivity contribution in [3.63, 3.8) is 0 Å². The Balaban J connectivity index is 1.36. The van der Waals surface area contributed by atoms with Crippen molar-refractivity contribution in [3.8, 4) is 12.1 Å². The Labute approximate surface area is 266 Å². The van der Waals surface area contributed by atoms with Gasteiger partial charge in [0, 0.05) is 42.8 Å². The zero-order valence-electron chi connectivity index (χ0n) is 25.5. The Morgan fingerprint density at radius 3 is 2.76 bits per heavy atom. The van der Waals surface area contributed by atoms with Crippen LogP contribution in [0.15, 0.2) is 42.7 Å². The molecule has 12 heteroatoms. The van der Waals surface area contributed by atoms with Gasteiger partial charge >= 0.3 is 6.01 Å². The van der Waals surface area contributed by atoms with E-state index < -0.39 is 23.6 Å². The fraction of sp³-hybridized carbons (Fsp3) is 0.455. The monoisotopic (exact) mass is 635 g/mol. The summed E-state index contributed by atoms with van der Waals surface area (Å²) in [4.78, 5) is 30.2. The van der Waals surface area contributed by atoms with E-state index in [9.17, 15) is 18.8 Å². The summed E-state index contributed by atoms with van der Waals surface area (Å²) in [5.41, 5.74) is 2.40. The fourth-order valence-corrected chi connectivity index (χ4v) is 7.05. The van der Waals surface area contributed by atoms with Crippen molar-refractivity contribution in [2.45, 2.75) is 50.7 Å². The standard InChI is InChI=1S/C33H36ClF2N7O2/c1-21(35)31(44)43-17-16-42(18-23(43)10-13-37)30-24-11-15-41(27-7-4-6-22-8-9-25(36)29(34)28(22)27)19-26(24)38-32(39-30)45-20-33(2)12-5-14-40(33)3/h4,6-9,23H,1,5,10-12,14-20H2,2-3H3/t23-,33?/m0/s1. The molecule has 1 unspecified atom stereocenters. The number of halogens is 3. The van der Waals surface area contributed by atoms with Crippen molar-refractivity contribution in [1.82, 2.24) is 19.8 Å². The molecule has 2 aromatic carbocycles. The summed E-state index contributed by atoms with van der Waals surface area (Å²) in [5.74, 6) is -1.62. The number of carbonyl (C=O) groups excluding carboxylic acids is 1. The summed E-state index contributed by atoms with van der Waals surface area (Å²) in [6.07, 6.45) is 2.73. The molecule has 0 spiro atoms. The van der Waals surface area contributed by atoms with Gasteiger partial charge in [0.15, 0.2) is 5.83 Å². The lowest BCUT2D eigenvalue weighted by Gasteiger charge is -2.42. The van der Waals surface area contributed by atoms with Crippen molar-refractivity contribution in [2.24, 2.45) is 0 Å². The van der Waals surface area contributed by atoms with Crippen molar-refractivity contribution >= 4 is 39.8 Å². The van der Waals surface area contributed by atoms with Crippen molar-refractivity contribution in [1.29, 1.82) is 5.26 Å². The molecule has 0 bridgehead atoms. The Morgan fingerprint density at radius 2 is 2.02 bits per heavy atom. The topological polar surface area (TPSA) is 88.8 Å². The third kappa shape index (κ3) is 5.89. The Hall–Kier alpha value is -4.01. The Bertz CT molecular complexity index is 1700. The van der Waals surface area contributed by atoms with E-state index in [4.69, 9.17) is 26.3 Å². The molecule has 1 amide bonds. The lowest BCUT2D eigenvalue weighted by atomic mass is 10.0. The highest BCUT2D eigenvalue weighted by molar-refractivity contribution is 6.36. The number of likely N-dealkylation sites (tertiary alicyclic amines) is 1. The van der Waals surface area contributed by atoms with Crippen LogP contribution < -0.4 is 14.5 Å². The molecular formula is C33H36ClF2N7O2. The van der Waals surface area contributed by atoms with E-state index >= 15 is 0 Å². The molecule has 0 aliphatic carbocycles. The Kier molecular flexibility index (Phi) is 8.55. The second-order valence-electron chi connectivity index (χ2n) is 12.3. The zero-order chi connectivity index (χ0) is 31.9. The smallest absolute Gasteiger partial charge is 0.318 e. The number of amides is 1. The molecule has 0 radical (unpaired) electrons. The summed E-state index contributed by atoms with van der Waals surface area (Å²) < 4.78 is 34.7. The van der Waals surface area contributed by atoms with Gasteiger partial charge in [0.2, 0.25) is 0 Å². The highest BCUT2D eigenvalue weighted by Crippen LogP contribution is 2.38. The van der Waals surface area contributed by atoms with Gasteiger partial charge in [0.1, 0.15) is 18.2 Å². The van der Waals surface area contributed by atoms with Gasteiger partial charge in [0.25, 0.3) is 5.91 Å². The second-order valence-corrected chi connectivity index (χ2v) is 12.7. The van der Waals surface area contributed by atoms with E-state index in [2.05, 4.69) is 36.4 Å². The van der Waals surface area contributed by atoms with Gasteiger partial charge in [-0.2, -0.15) is 15.2 Å². The average Bonchev–Trinajstić information content (AvgIpc) is 3.38. The van der Waals surface area contributed by atoms with Crippen LogP contribution in [0.1, 0.15) is 37.4 Å². The fourth-order valence-electron chi connectivity index (χ4n) is 6.79. The summed E-state index contributed by atoms with van der Waals surface area (Å²) in [6.45, 7) is 8.71. The number of ether oxygens (including phenoxy) is 1. The Morgan fingerprint density at radius 1 is 1.20 bits per heavy atom. The third-order valence-corrected chi connectivity index (χ3v) is 9.89.